The summed E-state index contributed by atoms with van der Waals surface area (Å²) in [7, 11) is 0. The minimum atomic E-state index is 0.666. The van der Waals surface area contributed by atoms with Crippen molar-refractivity contribution in [2.24, 2.45) is 0 Å². The Morgan fingerprint density at radius 1 is 1.27 bits per heavy atom. The van der Waals surface area contributed by atoms with E-state index in [9.17, 15) is 0 Å². The van der Waals surface area contributed by atoms with Crippen LogP contribution >= 0.6 is 11.6 Å². The van der Waals surface area contributed by atoms with Gasteiger partial charge in [0.1, 0.15) is 12.0 Å². The van der Waals surface area contributed by atoms with Gasteiger partial charge in [0, 0.05) is 17.1 Å². The second-order valence-electron chi connectivity index (χ2n) is 3.24. The van der Waals surface area contributed by atoms with Crippen molar-refractivity contribution in [1.82, 2.24) is 9.97 Å². The first kappa shape index (κ1) is 8.56. The van der Waals surface area contributed by atoms with Crippen molar-refractivity contribution in [1.29, 1.82) is 0 Å². The molecule has 3 rings (SSSR count). The number of nitrogens with zero attached hydrogens (tertiary/aromatic N) is 1. The lowest BCUT2D eigenvalue weighted by molar-refractivity contribution is 0.558. The molecular weight excluding hydrogens is 212 g/mol. The minimum Gasteiger partial charge on any atom is -0.451 e. The van der Waals surface area contributed by atoms with E-state index in [4.69, 9.17) is 16.0 Å². The van der Waals surface area contributed by atoms with Crippen LogP contribution < -0.4 is 0 Å². The van der Waals surface area contributed by atoms with E-state index in [1.807, 2.05) is 24.4 Å². The summed E-state index contributed by atoms with van der Waals surface area (Å²) in [5.74, 6) is 0. The molecule has 3 nitrogen and oxygen atoms in total. The molecule has 2 aromatic heterocycles. The van der Waals surface area contributed by atoms with Crippen LogP contribution in [0.25, 0.3) is 22.2 Å². The lowest BCUT2D eigenvalue weighted by Crippen LogP contribution is -1.82. The molecule has 0 atom stereocenters. The third kappa shape index (κ3) is 1.24. The van der Waals surface area contributed by atoms with E-state index in [0.29, 0.717) is 5.02 Å². The van der Waals surface area contributed by atoms with Crippen molar-refractivity contribution in [3.8, 4) is 11.3 Å². The molecule has 0 radical (unpaired) electrons. The number of hydrogen-bond acceptors (Lipinski definition) is 2. The molecule has 1 aromatic carbocycles. The predicted octanol–water partition coefficient (Wildman–Crippen LogP) is 3.48. The number of oxazole rings is 1. The van der Waals surface area contributed by atoms with Gasteiger partial charge < -0.3 is 9.40 Å². The van der Waals surface area contributed by atoms with Gasteiger partial charge in [-0.05, 0) is 12.1 Å². The Labute approximate surface area is 90.7 Å². The Kier molecular flexibility index (Phi) is 1.79. The first-order valence-corrected chi connectivity index (χ1v) is 4.88. The fourth-order valence-electron chi connectivity index (χ4n) is 1.69. The Morgan fingerprint density at radius 3 is 3.00 bits per heavy atom. The zero-order chi connectivity index (χ0) is 10.3. The number of rotatable bonds is 1. The van der Waals surface area contributed by atoms with Gasteiger partial charge in [-0.2, -0.15) is 0 Å². The molecule has 0 saturated carbocycles. The summed E-state index contributed by atoms with van der Waals surface area (Å²) in [5, 5.41) is 1.77. The number of aromatic nitrogens is 2. The second kappa shape index (κ2) is 3.14. The van der Waals surface area contributed by atoms with E-state index in [2.05, 4.69) is 9.97 Å². The number of fused-ring (bicyclic) bond motifs is 1. The molecule has 0 saturated heterocycles. The van der Waals surface area contributed by atoms with Crippen molar-refractivity contribution in [3.63, 3.8) is 0 Å². The third-order valence-corrected chi connectivity index (χ3v) is 2.68. The maximum Gasteiger partial charge on any atom is 0.181 e. The van der Waals surface area contributed by atoms with Gasteiger partial charge >= 0.3 is 0 Å². The molecule has 4 heteroatoms. The molecule has 0 aliphatic heterocycles. The fraction of sp³-hybridized carbons (Fsp3) is 0. The first-order valence-electron chi connectivity index (χ1n) is 4.50. The number of halogens is 1. The van der Waals surface area contributed by atoms with Crippen molar-refractivity contribution < 1.29 is 4.42 Å². The second-order valence-corrected chi connectivity index (χ2v) is 3.65. The minimum absolute atomic E-state index is 0.666. The van der Waals surface area contributed by atoms with Gasteiger partial charge in [-0.25, -0.2) is 4.98 Å². The average molecular weight is 219 g/mol. The summed E-state index contributed by atoms with van der Waals surface area (Å²) in [4.78, 5) is 7.26. The van der Waals surface area contributed by atoms with Crippen LogP contribution in [-0.2, 0) is 0 Å². The van der Waals surface area contributed by atoms with Crippen molar-refractivity contribution in [2.75, 3.05) is 0 Å². The zero-order valence-electron chi connectivity index (χ0n) is 7.70. The monoisotopic (exact) mass is 218 g/mol. The lowest BCUT2D eigenvalue weighted by Gasteiger charge is -2.01. The zero-order valence-corrected chi connectivity index (χ0v) is 8.45. The van der Waals surface area contributed by atoms with Crippen molar-refractivity contribution in [3.05, 3.63) is 42.1 Å². The maximum absolute atomic E-state index is 6.15. The maximum atomic E-state index is 6.15. The van der Waals surface area contributed by atoms with Crippen LogP contribution in [0.1, 0.15) is 0 Å². The Balaban J connectivity index is 2.41. The van der Waals surface area contributed by atoms with Gasteiger partial charge in [0.05, 0.1) is 10.5 Å². The standard InChI is InChI=1S/C11H7ClN2O/c12-8-2-1-7-3-4-13-11(7)10(8)9-5-15-6-14-9/h1-6,13H. The number of hydrogen-bond donors (Lipinski definition) is 1. The molecular formula is C11H7ClN2O. The van der Waals surface area contributed by atoms with Crippen LogP contribution in [0.3, 0.4) is 0 Å². The number of nitrogens with one attached hydrogen (secondary N) is 1. The molecule has 0 amide bonds. The highest BCUT2D eigenvalue weighted by Crippen LogP contribution is 2.33. The van der Waals surface area contributed by atoms with Gasteiger partial charge in [-0.1, -0.05) is 17.7 Å². The number of H-pyrrole nitrogens is 1. The van der Waals surface area contributed by atoms with E-state index < -0.39 is 0 Å². The molecule has 0 aliphatic rings. The third-order valence-electron chi connectivity index (χ3n) is 2.37. The molecule has 0 unspecified atom stereocenters. The highest BCUT2D eigenvalue weighted by Gasteiger charge is 2.11. The molecule has 0 aliphatic carbocycles. The SMILES string of the molecule is Clc1ccc2cc[nH]c2c1-c1cocn1. The molecule has 1 N–H and O–H groups in total. The van der Waals surface area contributed by atoms with Crippen LogP contribution in [0.2, 0.25) is 5.02 Å². The first-order chi connectivity index (χ1) is 7.36. The van der Waals surface area contributed by atoms with Crippen LogP contribution in [0, 0.1) is 0 Å². The molecule has 0 bridgehead atoms. The summed E-state index contributed by atoms with van der Waals surface area (Å²) in [6.45, 7) is 0. The molecule has 74 valence electrons. The molecule has 0 fully saturated rings. The van der Waals surface area contributed by atoms with Crippen LogP contribution in [0.5, 0.6) is 0 Å². The summed E-state index contributed by atoms with van der Waals surface area (Å²) in [6, 6.07) is 5.83. The van der Waals surface area contributed by atoms with E-state index in [-0.39, 0.29) is 0 Å². The Morgan fingerprint density at radius 2 is 2.20 bits per heavy atom. The Bertz CT molecular complexity index is 598. The number of aromatic amines is 1. The lowest BCUT2D eigenvalue weighted by atomic mass is 10.1. The van der Waals surface area contributed by atoms with Gasteiger partial charge in [0.2, 0.25) is 0 Å². The van der Waals surface area contributed by atoms with Gasteiger partial charge in [0.25, 0.3) is 0 Å². The summed E-state index contributed by atoms with van der Waals surface area (Å²) < 4.78 is 4.97. The van der Waals surface area contributed by atoms with Gasteiger partial charge in [0.15, 0.2) is 6.39 Å². The summed E-state index contributed by atoms with van der Waals surface area (Å²) in [5.41, 5.74) is 2.61. The topological polar surface area (TPSA) is 41.8 Å². The van der Waals surface area contributed by atoms with E-state index >= 15 is 0 Å². The quantitative estimate of drug-likeness (QED) is 0.680. The van der Waals surface area contributed by atoms with E-state index in [1.54, 1.807) is 6.26 Å². The van der Waals surface area contributed by atoms with Gasteiger partial charge in [-0.3, -0.25) is 0 Å². The van der Waals surface area contributed by atoms with Gasteiger partial charge in [-0.15, -0.1) is 0 Å². The normalized spacial score (nSPS) is 11.0. The van der Waals surface area contributed by atoms with Crippen LogP contribution in [0.15, 0.2) is 41.5 Å². The van der Waals surface area contributed by atoms with Crippen molar-refractivity contribution >= 4 is 22.5 Å². The predicted molar refractivity (Wildman–Crippen MR) is 58.8 cm³/mol. The molecule has 2 heterocycles. The highest BCUT2D eigenvalue weighted by atomic mass is 35.5. The average Bonchev–Trinajstić information content (AvgIpc) is 2.85. The van der Waals surface area contributed by atoms with Crippen LogP contribution in [-0.4, -0.2) is 9.97 Å². The molecule has 0 spiro atoms. The van der Waals surface area contributed by atoms with Crippen LogP contribution in [0.4, 0.5) is 0 Å². The number of benzene rings is 1. The van der Waals surface area contributed by atoms with E-state index in [0.717, 1.165) is 22.2 Å². The molecule has 3 aromatic rings. The molecule has 15 heavy (non-hydrogen) atoms. The van der Waals surface area contributed by atoms with Crippen molar-refractivity contribution in [2.45, 2.75) is 0 Å². The van der Waals surface area contributed by atoms with E-state index in [1.165, 1.54) is 6.39 Å². The summed E-state index contributed by atoms with van der Waals surface area (Å²) >= 11 is 6.15. The highest BCUT2D eigenvalue weighted by molar-refractivity contribution is 6.34. The smallest absolute Gasteiger partial charge is 0.181 e. The largest absolute Gasteiger partial charge is 0.451 e. The fourth-order valence-corrected chi connectivity index (χ4v) is 1.94. The summed E-state index contributed by atoms with van der Waals surface area (Å²) in [6.07, 6.45) is 4.86. The Hall–Kier alpha value is -1.74.